The molecule has 0 atom stereocenters. The van der Waals surface area contributed by atoms with Crippen LogP contribution >= 0.6 is 11.8 Å². The van der Waals surface area contributed by atoms with Gasteiger partial charge in [0.25, 0.3) is 0 Å². The Morgan fingerprint density at radius 3 is 2.33 bits per heavy atom. The summed E-state index contributed by atoms with van der Waals surface area (Å²) in [6.45, 7) is 8.99. The molecule has 0 heterocycles. The van der Waals surface area contributed by atoms with E-state index in [-0.39, 0.29) is 0 Å². The maximum Gasteiger partial charge on any atom is 0.242 e. The molecule has 1 aromatic carbocycles. The predicted octanol–water partition coefficient (Wildman–Crippen LogP) is 6.83. The molecule has 0 aliphatic carbocycles. The summed E-state index contributed by atoms with van der Waals surface area (Å²) in [6, 6.07) is 10.5. The molecule has 1 rings (SSSR count). The van der Waals surface area contributed by atoms with Gasteiger partial charge in [-0.25, -0.2) is 0 Å². The Labute approximate surface area is 136 Å². The third-order valence-electron chi connectivity index (χ3n) is 2.99. The van der Waals surface area contributed by atoms with E-state index < -0.39 is 8.32 Å². The lowest BCUT2D eigenvalue weighted by Gasteiger charge is -2.21. The zero-order valence-corrected chi connectivity index (χ0v) is 15.8. The third kappa shape index (κ3) is 9.80. The molecule has 0 saturated carbocycles. The maximum absolute atomic E-state index is 6.23. The fourth-order valence-electron chi connectivity index (χ4n) is 1.98. The molecule has 0 saturated heterocycles. The van der Waals surface area contributed by atoms with Crippen LogP contribution in [-0.2, 0) is 4.43 Å². The van der Waals surface area contributed by atoms with Crippen LogP contribution in [0.3, 0.4) is 0 Å². The largest absolute Gasteiger partial charge is 0.540 e. The van der Waals surface area contributed by atoms with Gasteiger partial charge >= 0.3 is 0 Å². The van der Waals surface area contributed by atoms with Crippen molar-refractivity contribution < 1.29 is 4.43 Å². The van der Waals surface area contributed by atoms with Gasteiger partial charge in [0.1, 0.15) is 5.09 Å². The van der Waals surface area contributed by atoms with Crippen LogP contribution < -0.4 is 0 Å². The molecule has 0 N–H and O–H groups in total. The summed E-state index contributed by atoms with van der Waals surface area (Å²) in [5.74, 6) is 0. The fraction of sp³-hybridized carbons (Fsp3) is 0.556. The van der Waals surface area contributed by atoms with Crippen LogP contribution in [0.15, 0.2) is 46.4 Å². The molecule has 0 aromatic heterocycles. The van der Waals surface area contributed by atoms with Crippen LogP contribution in [0.2, 0.25) is 19.6 Å². The first-order chi connectivity index (χ1) is 10.0. The second-order valence-electron chi connectivity index (χ2n) is 6.36. The maximum atomic E-state index is 6.23. The molecular formula is C18H30OSSi. The van der Waals surface area contributed by atoms with Crippen LogP contribution in [0.25, 0.3) is 0 Å². The number of hydrogen-bond acceptors (Lipinski definition) is 2. The van der Waals surface area contributed by atoms with Crippen molar-refractivity contribution >= 4 is 20.1 Å². The normalized spacial score (nSPS) is 12.5. The van der Waals surface area contributed by atoms with E-state index in [4.69, 9.17) is 4.43 Å². The van der Waals surface area contributed by atoms with Crippen LogP contribution in [0, 0.1) is 0 Å². The molecule has 0 fully saturated rings. The van der Waals surface area contributed by atoms with Gasteiger partial charge < -0.3 is 4.43 Å². The summed E-state index contributed by atoms with van der Waals surface area (Å²) in [6.07, 6.45) is 10.1. The van der Waals surface area contributed by atoms with Crippen molar-refractivity contribution in [3.63, 3.8) is 0 Å². The van der Waals surface area contributed by atoms with Gasteiger partial charge in [0.05, 0.1) is 0 Å². The number of hydrogen-bond donors (Lipinski definition) is 0. The van der Waals surface area contributed by atoms with E-state index in [9.17, 15) is 0 Å². The lowest BCUT2D eigenvalue weighted by atomic mass is 10.1. The van der Waals surface area contributed by atoms with Crippen LogP contribution in [0.5, 0.6) is 0 Å². The van der Waals surface area contributed by atoms with Crippen molar-refractivity contribution in [3.05, 3.63) is 41.5 Å². The first-order valence-electron chi connectivity index (χ1n) is 8.13. The second kappa shape index (κ2) is 10.1. The van der Waals surface area contributed by atoms with Crippen molar-refractivity contribution in [2.75, 3.05) is 0 Å². The zero-order valence-electron chi connectivity index (χ0n) is 14.0. The average molecular weight is 323 g/mol. The Hall–Kier alpha value is -0.673. The van der Waals surface area contributed by atoms with Crippen molar-refractivity contribution in [2.24, 2.45) is 0 Å². The van der Waals surface area contributed by atoms with Gasteiger partial charge in [-0.2, -0.15) is 0 Å². The first-order valence-corrected chi connectivity index (χ1v) is 12.4. The molecule has 21 heavy (non-hydrogen) atoms. The Balaban J connectivity index is 2.51. The Morgan fingerprint density at radius 1 is 1.05 bits per heavy atom. The first kappa shape index (κ1) is 18.4. The number of rotatable bonds is 10. The van der Waals surface area contributed by atoms with Crippen molar-refractivity contribution in [1.29, 1.82) is 0 Å². The van der Waals surface area contributed by atoms with E-state index in [0.29, 0.717) is 0 Å². The topological polar surface area (TPSA) is 9.23 Å². The summed E-state index contributed by atoms with van der Waals surface area (Å²) < 4.78 is 6.23. The molecule has 3 heteroatoms. The van der Waals surface area contributed by atoms with Crippen LogP contribution in [0.4, 0.5) is 0 Å². The quantitative estimate of drug-likeness (QED) is 0.202. The minimum absolute atomic E-state index is 1.09. The summed E-state index contributed by atoms with van der Waals surface area (Å²) in [4.78, 5) is 1.26. The molecular weight excluding hydrogens is 292 g/mol. The zero-order chi connectivity index (χ0) is 15.6. The molecule has 0 aliphatic heterocycles. The number of thioether (sulfide) groups is 1. The Bertz CT molecular complexity index is 409. The minimum Gasteiger partial charge on any atom is -0.540 e. The lowest BCUT2D eigenvalue weighted by molar-refractivity contribution is 0.460. The minimum atomic E-state index is -1.54. The van der Waals surface area contributed by atoms with E-state index in [1.807, 2.05) is 0 Å². The highest BCUT2D eigenvalue weighted by atomic mass is 32.2. The van der Waals surface area contributed by atoms with Crippen molar-refractivity contribution in [2.45, 2.75) is 70.0 Å². The summed E-state index contributed by atoms with van der Waals surface area (Å²) in [5, 5.41) is 1.09. The molecule has 0 unspecified atom stereocenters. The average Bonchev–Trinajstić information content (AvgIpc) is 2.42. The van der Waals surface area contributed by atoms with E-state index in [1.165, 1.54) is 37.0 Å². The SMILES string of the molecule is CCCCCCCC=C(O[Si](C)(C)C)Sc1ccccc1. The molecule has 0 bridgehead atoms. The van der Waals surface area contributed by atoms with E-state index in [0.717, 1.165) is 11.5 Å². The highest BCUT2D eigenvalue weighted by molar-refractivity contribution is 8.03. The van der Waals surface area contributed by atoms with Crippen molar-refractivity contribution in [1.82, 2.24) is 0 Å². The van der Waals surface area contributed by atoms with Gasteiger partial charge in [0, 0.05) is 4.90 Å². The fourth-order valence-corrected chi connectivity index (χ4v) is 4.31. The van der Waals surface area contributed by atoms with Gasteiger partial charge in [0.2, 0.25) is 8.32 Å². The number of unbranched alkanes of at least 4 members (excludes halogenated alkanes) is 5. The smallest absolute Gasteiger partial charge is 0.242 e. The molecule has 0 radical (unpaired) electrons. The van der Waals surface area contributed by atoms with E-state index >= 15 is 0 Å². The van der Waals surface area contributed by atoms with Crippen molar-refractivity contribution in [3.8, 4) is 0 Å². The monoisotopic (exact) mass is 322 g/mol. The van der Waals surface area contributed by atoms with E-state index in [1.54, 1.807) is 11.8 Å². The molecule has 1 aromatic rings. The van der Waals surface area contributed by atoms with E-state index in [2.05, 4.69) is 63.0 Å². The van der Waals surface area contributed by atoms with Gasteiger partial charge in [0.15, 0.2) is 0 Å². The summed E-state index contributed by atoms with van der Waals surface area (Å²) >= 11 is 1.76. The number of allylic oxidation sites excluding steroid dienone is 1. The molecule has 1 nitrogen and oxygen atoms in total. The third-order valence-corrected chi connectivity index (χ3v) is 4.93. The van der Waals surface area contributed by atoms with Crippen LogP contribution in [-0.4, -0.2) is 8.32 Å². The highest BCUT2D eigenvalue weighted by Gasteiger charge is 2.18. The van der Waals surface area contributed by atoms with Gasteiger partial charge in [-0.05, 0) is 50.7 Å². The van der Waals surface area contributed by atoms with Gasteiger partial charge in [-0.1, -0.05) is 62.6 Å². The molecule has 0 aliphatic rings. The Morgan fingerprint density at radius 2 is 1.71 bits per heavy atom. The summed E-state index contributed by atoms with van der Waals surface area (Å²) in [5.41, 5.74) is 0. The molecule has 0 amide bonds. The molecule has 118 valence electrons. The standard InChI is InChI=1S/C18H30OSSi/c1-5-6-7-8-9-13-16-18(19-21(2,3)4)20-17-14-11-10-12-15-17/h10-12,14-16H,5-9,13H2,1-4H3. The van der Waals surface area contributed by atoms with Crippen LogP contribution in [0.1, 0.15) is 45.4 Å². The van der Waals surface area contributed by atoms with Gasteiger partial charge in [-0.15, -0.1) is 0 Å². The summed E-state index contributed by atoms with van der Waals surface area (Å²) in [7, 11) is -1.54. The predicted molar refractivity (Wildman–Crippen MR) is 98.2 cm³/mol. The second-order valence-corrected chi connectivity index (χ2v) is 11.9. The van der Waals surface area contributed by atoms with Gasteiger partial charge in [-0.3, -0.25) is 0 Å². The Kier molecular flexibility index (Phi) is 8.86. The highest BCUT2D eigenvalue weighted by Crippen LogP contribution is 2.30. The number of benzene rings is 1. The molecule has 0 spiro atoms. The lowest BCUT2D eigenvalue weighted by Crippen LogP contribution is -2.24.